The van der Waals surface area contributed by atoms with Crippen molar-refractivity contribution in [2.24, 2.45) is 4.36 Å². The number of halogens is 5. The predicted molar refractivity (Wildman–Crippen MR) is 132 cm³/mol. The average Bonchev–Trinajstić information content (AvgIpc) is 3.25. The minimum Gasteiger partial charge on any atom is -0.479 e. The number of hydrogen-bond acceptors (Lipinski definition) is 7. The Kier molecular flexibility index (Phi) is 7.72. The largest absolute Gasteiger partial charge is 0.479 e. The standard InChI is InChI=1S/C24H24F5N5O3S/c1-13(23(35)32-14(2)24(27,28)29)37-20-9-15(25)5-6-18(20)33-22-21-17(26)10-16(11-19(21)30-12-31-22)34-38(36)7-3-4-8-38/h5-6,9-14H,3-4,7-8H2,1-2H3,(H,32,35)(H,30,31,33)/t13-,14+/m1/s1. The second-order valence-electron chi connectivity index (χ2n) is 8.82. The first-order valence-corrected chi connectivity index (χ1v) is 13.5. The number of carbonyl (C=O) groups is 1. The van der Waals surface area contributed by atoms with E-state index in [0.29, 0.717) is 11.5 Å². The molecule has 14 heteroatoms. The minimum absolute atomic E-state index is 0.0247. The molecule has 2 aromatic carbocycles. The molecule has 0 bridgehead atoms. The molecular weight excluding hydrogens is 533 g/mol. The van der Waals surface area contributed by atoms with Crippen LogP contribution < -0.4 is 15.4 Å². The van der Waals surface area contributed by atoms with Crippen LogP contribution in [0, 0.1) is 11.6 Å². The first-order valence-electron chi connectivity index (χ1n) is 11.6. The number of aromatic nitrogens is 2. The Balaban J connectivity index is 1.62. The van der Waals surface area contributed by atoms with Crippen LogP contribution in [-0.2, 0) is 14.5 Å². The van der Waals surface area contributed by atoms with E-state index in [2.05, 4.69) is 19.6 Å². The van der Waals surface area contributed by atoms with E-state index in [9.17, 15) is 26.6 Å². The Morgan fingerprint density at radius 2 is 1.82 bits per heavy atom. The van der Waals surface area contributed by atoms with Crippen molar-refractivity contribution < 1.29 is 35.7 Å². The quantitative estimate of drug-likeness (QED) is 0.378. The van der Waals surface area contributed by atoms with Crippen molar-refractivity contribution in [3.05, 3.63) is 48.3 Å². The second kappa shape index (κ2) is 10.7. The number of nitrogens with zero attached hydrogens (tertiary/aromatic N) is 3. The molecule has 1 aliphatic heterocycles. The molecule has 204 valence electrons. The van der Waals surface area contributed by atoms with E-state index in [1.54, 1.807) is 5.32 Å². The Morgan fingerprint density at radius 1 is 1.11 bits per heavy atom. The topological polar surface area (TPSA) is 106 Å². The van der Waals surface area contributed by atoms with Crippen molar-refractivity contribution >= 4 is 43.7 Å². The van der Waals surface area contributed by atoms with Gasteiger partial charge in [-0.3, -0.25) is 4.79 Å². The highest BCUT2D eigenvalue weighted by Gasteiger charge is 2.38. The van der Waals surface area contributed by atoms with Crippen LogP contribution in [0.2, 0.25) is 0 Å². The van der Waals surface area contributed by atoms with E-state index in [1.807, 2.05) is 0 Å². The molecule has 3 aromatic rings. The molecule has 1 aromatic heterocycles. The Morgan fingerprint density at radius 3 is 2.50 bits per heavy atom. The molecule has 0 aliphatic carbocycles. The third kappa shape index (κ3) is 6.29. The van der Waals surface area contributed by atoms with Gasteiger partial charge in [0.05, 0.1) is 32.0 Å². The summed E-state index contributed by atoms with van der Waals surface area (Å²) in [6.07, 6.45) is -3.35. The van der Waals surface area contributed by atoms with E-state index in [1.165, 1.54) is 19.1 Å². The summed E-state index contributed by atoms with van der Waals surface area (Å²) in [5.41, 5.74) is 0.419. The van der Waals surface area contributed by atoms with Crippen molar-refractivity contribution in [2.45, 2.75) is 45.0 Å². The number of nitrogens with one attached hydrogen (secondary N) is 2. The fourth-order valence-corrected chi connectivity index (χ4v) is 5.98. The highest BCUT2D eigenvalue weighted by atomic mass is 32.2. The van der Waals surface area contributed by atoms with Gasteiger partial charge in [-0.2, -0.15) is 17.5 Å². The van der Waals surface area contributed by atoms with Crippen LogP contribution in [0.4, 0.5) is 39.1 Å². The number of rotatable bonds is 7. The van der Waals surface area contributed by atoms with Gasteiger partial charge in [-0.05, 0) is 44.9 Å². The van der Waals surface area contributed by atoms with Gasteiger partial charge >= 0.3 is 6.18 Å². The number of ether oxygens (including phenoxy) is 1. The van der Waals surface area contributed by atoms with Crippen LogP contribution in [0.1, 0.15) is 26.7 Å². The molecular formula is C24H24F5N5O3S. The summed E-state index contributed by atoms with van der Waals surface area (Å²) in [5, 5.41) is 4.56. The predicted octanol–water partition coefficient (Wildman–Crippen LogP) is 5.38. The van der Waals surface area contributed by atoms with Crippen molar-refractivity contribution in [3.63, 3.8) is 0 Å². The lowest BCUT2D eigenvalue weighted by atomic mass is 10.2. The van der Waals surface area contributed by atoms with Crippen LogP contribution >= 0.6 is 0 Å². The lowest BCUT2D eigenvalue weighted by Gasteiger charge is -2.21. The fraction of sp³-hybridized carbons (Fsp3) is 0.375. The second-order valence-corrected chi connectivity index (χ2v) is 11.4. The number of amides is 1. The van der Waals surface area contributed by atoms with Gasteiger partial charge in [0.15, 0.2) is 6.10 Å². The molecule has 2 atom stereocenters. The monoisotopic (exact) mass is 557 g/mol. The van der Waals surface area contributed by atoms with E-state index < -0.39 is 45.6 Å². The maximum Gasteiger partial charge on any atom is 0.408 e. The summed E-state index contributed by atoms with van der Waals surface area (Å²) in [6, 6.07) is 3.72. The maximum absolute atomic E-state index is 15.2. The Bertz CT molecular complexity index is 1480. The Hall–Kier alpha value is -3.55. The lowest BCUT2D eigenvalue weighted by Crippen LogP contribution is -2.47. The Labute approximate surface area is 215 Å². The lowest BCUT2D eigenvalue weighted by molar-refractivity contribution is -0.160. The summed E-state index contributed by atoms with van der Waals surface area (Å²) in [6.45, 7) is 1.98. The zero-order chi connectivity index (χ0) is 27.7. The maximum atomic E-state index is 15.2. The van der Waals surface area contributed by atoms with Gasteiger partial charge in [0.2, 0.25) is 0 Å². The molecule has 1 amide bonds. The van der Waals surface area contributed by atoms with E-state index in [-0.39, 0.29) is 33.8 Å². The molecule has 1 aliphatic rings. The van der Waals surface area contributed by atoms with Crippen LogP contribution in [0.3, 0.4) is 0 Å². The molecule has 0 saturated carbocycles. The SMILES string of the molecule is C[C@H](NC(=O)[C@@H](C)Oc1cc(F)ccc1Nc1ncnc2cc(N=S3(=O)CCCC3)cc(F)c12)C(F)(F)F. The first kappa shape index (κ1) is 27.5. The molecule has 2 heterocycles. The summed E-state index contributed by atoms with van der Waals surface area (Å²) >= 11 is 0. The van der Waals surface area contributed by atoms with Crippen LogP contribution in [0.15, 0.2) is 41.0 Å². The summed E-state index contributed by atoms with van der Waals surface area (Å²) in [4.78, 5) is 20.3. The van der Waals surface area contributed by atoms with Gasteiger partial charge in [-0.15, -0.1) is 0 Å². The average molecular weight is 558 g/mol. The van der Waals surface area contributed by atoms with Crippen LogP contribution in [-0.4, -0.2) is 49.9 Å². The fourth-order valence-electron chi connectivity index (χ4n) is 3.80. The van der Waals surface area contributed by atoms with Gasteiger partial charge in [0.1, 0.15) is 35.6 Å². The molecule has 0 spiro atoms. The molecule has 1 fully saturated rings. The van der Waals surface area contributed by atoms with Gasteiger partial charge < -0.3 is 15.4 Å². The highest BCUT2D eigenvalue weighted by molar-refractivity contribution is 7.93. The molecule has 2 N–H and O–H groups in total. The van der Waals surface area contributed by atoms with Crippen molar-refractivity contribution in [1.29, 1.82) is 0 Å². The molecule has 0 unspecified atom stereocenters. The summed E-state index contributed by atoms with van der Waals surface area (Å²) in [7, 11) is -2.44. The number of fused-ring (bicyclic) bond motifs is 1. The number of hydrogen-bond donors (Lipinski definition) is 2. The first-order chi connectivity index (χ1) is 17.8. The minimum atomic E-state index is -4.65. The summed E-state index contributed by atoms with van der Waals surface area (Å²) < 4.78 is 90.0. The van der Waals surface area contributed by atoms with Crippen molar-refractivity contribution in [2.75, 3.05) is 16.8 Å². The third-order valence-corrected chi connectivity index (χ3v) is 8.24. The van der Waals surface area contributed by atoms with E-state index >= 15 is 4.39 Å². The normalized spacial score (nSPS) is 16.6. The zero-order valence-corrected chi connectivity index (χ0v) is 21.1. The van der Waals surface area contributed by atoms with Crippen LogP contribution in [0.25, 0.3) is 10.9 Å². The molecule has 38 heavy (non-hydrogen) atoms. The number of carbonyl (C=O) groups excluding carboxylic acids is 1. The number of alkyl halides is 3. The smallest absolute Gasteiger partial charge is 0.408 e. The van der Waals surface area contributed by atoms with E-state index in [4.69, 9.17) is 4.74 Å². The molecule has 1 saturated heterocycles. The van der Waals surface area contributed by atoms with Gasteiger partial charge in [0, 0.05) is 23.6 Å². The molecule has 8 nitrogen and oxygen atoms in total. The molecule has 4 rings (SSSR count). The third-order valence-electron chi connectivity index (χ3n) is 5.84. The van der Waals surface area contributed by atoms with Crippen LogP contribution in [0.5, 0.6) is 5.75 Å². The molecule has 0 radical (unpaired) electrons. The zero-order valence-electron chi connectivity index (χ0n) is 20.3. The van der Waals surface area contributed by atoms with Gasteiger partial charge in [-0.1, -0.05) is 0 Å². The summed E-state index contributed by atoms with van der Waals surface area (Å²) in [5.74, 6) is -1.91. The highest BCUT2D eigenvalue weighted by Crippen LogP contribution is 2.34. The van der Waals surface area contributed by atoms with Crippen molar-refractivity contribution in [3.8, 4) is 5.75 Å². The number of anilines is 2. The van der Waals surface area contributed by atoms with Crippen molar-refractivity contribution in [1.82, 2.24) is 15.3 Å². The number of benzene rings is 2. The van der Waals surface area contributed by atoms with E-state index in [0.717, 1.165) is 44.3 Å². The van der Waals surface area contributed by atoms with Gasteiger partial charge in [-0.25, -0.2) is 23.0 Å². The van der Waals surface area contributed by atoms with Gasteiger partial charge in [0.25, 0.3) is 5.91 Å².